The van der Waals surface area contributed by atoms with E-state index in [9.17, 15) is 9.59 Å². The van der Waals surface area contributed by atoms with Crippen LogP contribution in [0.15, 0.2) is 114 Å². The van der Waals surface area contributed by atoms with Crippen molar-refractivity contribution in [3.63, 3.8) is 0 Å². The van der Waals surface area contributed by atoms with Gasteiger partial charge in [0.1, 0.15) is 5.82 Å². The van der Waals surface area contributed by atoms with Gasteiger partial charge in [-0.2, -0.15) is 0 Å². The number of para-hydroxylation sites is 1. The number of aliphatic imine (C=N–C) groups is 1. The van der Waals surface area contributed by atoms with Gasteiger partial charge in [0.15, 0.2) is 11.6 Å². The van der Waals surface area contributed by atoms with Gasteiger partial charge < -0.3 is 0 Å². The molecule has 1 aliphatic carbocycles. The highest BCUT2D eigenvalue weighted by Gasteiger charge is 2.34. The Bertz CT molecular complexity index is 1700. The molecule has 0 amide bonds. The number of aromatic nitrogens is 1. The van der Waals surface area contributed by atoms with E-state index in [4.69, 9.17) is 4.99 Å². The van der Waals surface area contributed by atoms with Crippen LogP contribution in [0.25, 0.3) is 22.5 Å². The summed E-state index contributed by atoms with van der Waals surface area (Å²) >= 11 is 0. The van der Waals surface area contributed by atoms with E-state index < -0.39 is 0 Å². The fraction of sp³-hybridized carbons (Fsp3) is 0.0606. The summed E-state index contributed by atoms with van der Waals surface area (Å²) in [4.78, 5) is 31.9. The Balaban J connectivity index is 1.51. The van der Waals surface area contributed by atoms with Crippen LogP contribution < -0.4 is 0 Å². The van der Waals surface area contributed by atoms with Crippen molar-refractivity contribution in [2.75, 3.05) is 0 Å². The topological polar surface area (TPSA) is 51.4 Å². The summed E-state index contributed by atoms with van der Waals surface area (Å²) in [6, 6.07) is 33.3. The minimum absolute atomic E-state index is 0.176. The average molecular weight is 481 g/mol. The van der Waals surface area contributed by atoms with E-state index in [-0.39, 0.29) is 17.1 Å². The molecule has 0 saturated carbocycles. The third-order valence-electron chi connectivity index (χ3n) is 6.82. The van der Waals surface area contributed by atoms with Crippen molar-refractivity contribution >= 4 is 39.9 Å². The summed E-state index contributed by atoms with van der Waals surface area (Å²) in [7, 11) is 0. The first-order valence-corrected chi connectivity index (χ1v) is 12.2. The molecule has 5 aromatic rings. The largest absolute Gasteiger partial charge is 0.295 e. The Morgan fingerprint density at radius 2 is 1.27 bits per heavy atom. The van der Waals surface area contributed by atoms with Gasteiger partial charge in [-0.15, -0.1) is 0 Å². The van der Waals surface area contributed by atoms with Crippen LogP contribution in [-0.2, 0) is 0 Å². The number of ketones is 2. The Kier molecular flexibility index (Phi) is 5.50. The third kappa shape index (κ3) is 3.93. The first-order valence-electron chi connectivity index (χ1n) is 12.2. The van der Waals surface area contributed by atoms with E-state index in [0.29, 0.717) is 11.1 Å². The lowest BCUT2D eigenvalue weighted by Crippen LogP contribution is -2.03. The molecule has 4 aromatic carbocycles. The lowest BCUT2D eigenvalue weighted by Gasteiger charge is -2.11. The second kappa shape index (κ2) is 8.99. The normalized spacial score (nSPS) is 13.4. The fourth-order valence-corrected chi connectivity index (χ4v) is 4.93. The Labute approximate surface area is 215 Å². The summed E-state index contributed by atoms with van der Waals surface area (Å²) in [6.07, 6.45) is 1.71. The van der Waals surface area contributed by atoms with Crippen LogP contribution in [0, 0.1) is 6.92 Å². The molecule has 0 aliphatic heterocycles. The summed E-state index contributed by atoms with van der Waals surface area (Å²) in [5.41, 5.74) is 5.60. The fourth-order valence-electron chi connectivity index (χ4n) is 4.93. The van der Waals surface area contributed by atoms with Gasteiger partial charge >= 0.3 is 0 Å². The summed E-state index contributed by atoms with van der Waals surface area (Å²) in [5.74, 6) is 0.282. The quantitative estimate of drug-likeness (QED) is 0.152. The van der Waals surface area contributed by atoms with Crippen molar-refractivity contribution in [2.45, 2.75) is 13.8 Å². The number of hydrogen-bond donors (Lipinski definition) is 0. The number of Topliss-reactive ketones (excluding diaryl/α,β-unsaturated/α-hetero) is 2. The smallest absolute Gasteiger partial charge is 0.197 e. The van der Waals surface area contributed by atoms with Crippen LogP contribution in [-0.4, -0.2) is 21.8 Å². The van der Waals surface area contributed by atoms with E-state index >= 15 is 0 Å². The number of allylic oxidation sites excluding steroid dienone is 1. The highest BCUT2D eigenvalue weighted by atomic mass is 16.2. The minimum Gasteiger partial charge on any atom is -0.295 e. The molecule has 0 fully saturated rings. The molecule has 0 saturated heterocycles. The maximum Gasteiger partial charge on any atom is 0.197 e. The molecule has 4 heteroatoms. The van der Waals surface area contributed by atoms with Gasteiger partial charge in [0.25, 0.3) is 0 Å². The Morgan fingerprint density at radius 3 is 1.86 bits per heavy atom. The molecule has 0 radical (unpaired) electrons. The number of aryl methyl sites for hydroxylation is 1. The van der Waals surface area contributed by atoms with Crippen molar-refractivity contribution in [2.24, 2.45) is 4.99 Å². The number of hydrogen-bond acceptors (Lipinski definition) is 3. The maximum absolute atomic E-state index is 13.4. The molecule has 0 unspecified atom stereocenters. The molecule has 178 valence electrons. The molecule has 0 bridgehead atoms. The van der Waals surface area contributed by atoms with Crippen LogP contribution in [0.3, 0.4) is 0 Å². The van der Waals surface area contributed by atoms with Crippen molar-refractivity contribution in [3.05, 3.63) is 137 Å². The van der Waals surface area contributed by atoms with Crippen molar-refractivity contribution in [1.82, 2.24) is 4.57 Å². The van der Waals surface area contributed by atoms with Gasteiger partial charge in [-0.05, 0) is 72.2 Å². The number of benzene rings is 4. The van der Waals surface area contributed by atoms with Crippen LogP contribution in [0.4, 0.5) is 5.82 Å². The van der Waals surface area contributed by atoms with Crippen molar-refractivity contribution < 1.29 is 9.59 Å². The predicted octanol–water partition coefficient (Wildman–Crippen LogP) is 7.54. The molecule has 6 rings (SSSR count). The second-order valence-corrected chi connectivity index (χ2v) is 9.27. The number of nitrogens with zero attached hydrogens (tertiary/aromatic N) is 2. The summed E-state index contributed by atoms with van der Waals surface area (Å²) in [5, 5.41) is 1.89. The maximum atomic E-state index is 13.4. The van der Waals surface area contributed by atoms with Crippen LogP contribution in [0.1, 0.15) is 44.5 Å². The van der Waals surface area contributed by atoms with Gasteiger partial charge in [0.05, 0.1) is 5.57 Å². The van der Waals surface area contributed by atoms with Crippen molar-refractivity contribution in [3.8, 4) is 5.69 Å². The third-order valence-corrected chi connectivity index (χ3v) is 6.82. The van der Waals surface area contributed by atoms with Gasteiger partial charge in [-0.3, -0.25) is 14.2 Å². The molecule has 1 aliphatic rings. The Hall–Kier alpha value is -4.83. The number of rotatable bonds is 4. The van der Waals surface area contributed by atoms with Crippen molar-refractivity contribution in [1.29, 1.82) is 0 Å². The SMILES string of the molecule is CC(=Nc1c(C)cc(C=C2C(=O)c3cc4ccccc4cc3C2=O)n1-c1ccccc1)c1ccccc1. The molecule has 1 heterocycles. The van der Waals surface area contributed by atoms with Gasteiger partial charge in [-0.25, -0.2) is 4.99 Å². The lowest BCUT2D eigenvalue weighted by molar-refractivity contribution is 0.0990. The van der Waals surface area contributed by atoms with Crippen LogP contribution in [0.2, 0.25) is 0 Å². The standard InChI is InChI=1S/C33H24N2O2/c1-21-17-27(20-30-31(36)28-18-24-13-9-10-14-25(24)19-29(28)32(30)37)35(26-15-7-4-8-16-26)33(21)34-22(2)23-11-5-3-6-12-23/h3-20H,1-2H3. The first kappa shape index (κ1) is 22.6. The van der Waals surface area contributed by atoms with Gasteiger partial charge in [-0.1, -0.05) is 72.8 Å². The van der Waals surface area contributed by atoms with Gasteiger partial charge in [0, 0.05) is 28.2 Å². The zero-order valence-corrected chi connectivity index (χ0v) is 20.6. The van der Waals surface area contributed by atoms with Crippen LogP contribution >= 0.6 is 0 Å². The molecule has 1 aromatic heterocycles. The molecule has 37 heavy (non-hydrogen) atoms. The Morgan fingerprint density at radius 1 is 0.730 bits per heavy atom. The van der Waals surface area contributed by atoms with E-state index in [1.807, 2.05) is 122 Å². The lowest BCUT2D eigenvalue weighted by atomic mass is 10.0. The molecule has 4 nitrogen and oxygen atoms in total. The first-order chi connectivity index (χ1) is 18.0. The highest BCUT2D eigenvalue weighted by molar-refractivity contribution is 6.42. The van der Waals surface area contributed by atoms with Crippen LogP contribution in [0.5, 0.6) is 0 Å². The molecular weight excluding hydrogens is 456 g/mol. The minimum atomic E-state index is -0.241. The zero-order chi connectivity index (χ0) is 25.5. The summed E-state index contributed by atoms with van der Waals surface area (Å²) < 4.78 is 2.01. The van der Waals surface area contributed by atoms with Gasteiger partial charge in [0.2, 0.25) is 0 Å². The highest BCUT2D eigenvalue weighted by Crippen LogP contribution is 2.35. The van der Waals surface area contributed by atoms with E-state index in [2.05, 4.69) is 0 Å². The monoisotopic (exact) mass is 480 g/mol. The molecule has 0 N–H and O–H groups in total. The number of carbonyl (C=O) groups excluding carboxylic acids is 2. The summed E-state index contributed by atoms with van der Waals surface area (Å²) in [6.45, 7) is 3.99. The number of fused-ring (bicyclic) bond motifs is 2. The average Bonchev–Trinajstić information content (AvgIpc) is 3.36. The van der Waals surface area contributed by atoms with E-state index in [1.54, 1.807) is 6.08 Å². The second-order valence-electron chi connectivity index (χ2n) is 9.27. The molecule has 0 atom stereocenters. The zero-order valence-electron chi connectivity index (χ0n) is 20.6. The van der Waals surface area contributed by atoms with E-state index in [0.717, 1.165) is 44.8 Å². The molecule has 0 spiro atoms. The predicted molar refractivity (Wildman–Crippen MR) is 149 cm³/mol. The number of carbonyl (C=O) groups is 2. The molecular formula is C33H24N2O2. The van der Waals surface area contributed by atoms with E-state index in [1.165, 1.54) is 0 Å².